The lowest BCUT2D eigenvalue weighted by atomic mass is 9.77. The molecule has 2 bridgehead atoms. The Morgan fingerprint density at radius 3 is 2.46 bits per heavy atom. The average Bonchev–Trinajstić information content (AvgIpc) is 2.39. The monoisotopic (exact) mass is 296 g/mol. The van der Waals surface area contributed by atoms with Crippen LogP contribution in [-0.4, -0.2) is 25.7 Å². The van der Waals surface area contributed by atoms with Crippen LogP contribution in [0.3, 0.4) is 0 Å². The molecule has 0 amide bonds. The van der Waals surface area contributed by atoms with Crippen molar-refractivity contribution in [2.45, 2.75) is 29.3 Å². The smallest absolute Gasteiger partial charge is 0.309 e. The quantitative estimate of drug-likeness (QED) is 0.566. The van der Waals surface area contributed by atoms with Gasteiger partial charge in [0.2, 0.25) is 0 Å². The number of carboxylic acid groups (broad SMARTS) is 1. The minimum Gasteiger partial charge on any atom is -0.481 e. The summed E-state index contributed by atoms with van der Waals surface area (Å²) in [6.45, 7) is 1.68. The Bertz CT molecular complexity index is 251. The minimum atomic E-state index is -0.986. The first kappa shape index (κ1) is 9.71. The van der Waals surface area contributed by atoms with E-state index in [2.05, 4.69) is 22.6 Å². The molecule has 0 heterocycles. The summed E-state index contributed by atoms with van der Waals surface area (Å²) in [5.74, 6) is -1.02. The molecule has 13 heavy (non-hydrogen) atoms. The van der Waals surface area contributed by atoms with Crippen molar-refractivity contribution in [3.63, 3.8) is 0 Å². The molecule has 0 aromatic carbocycles. The summed E-state index contributed by atoms with van der Waals surface area (Å²) in [6.07, 6.45) is 1.94. The number of carboxylic acids is 1. The van der Waals surface area contributed by atoms with Crippen LogP contribution < -0.4 is 0 Å². The fourth-order valence-electron chi connectivity index (χ4n) is 3.05. The predicted molar refractivity (Wildman–Crippen MR) is 55.8 cm³/mol. The molecule has 0 radical (unpaired) electrons. The zero-order chi connectivity index (χ0) is 9.80. The molecule has 74 valence electrons. The third-order valence-corrected chi connectivity index (χ3v) is 5.47. The summed E-state index contributed by atoms with van der Waals surface area (Å²) < 4.78 is 0.341. The molecule has 2 saturated carbocycles. The van der Waals surface area contributed by atoms with Gasteiger partial charge >= 0.3 is 5.97 Å². The highest BCUT2D eigenvalue weighted by Crippen LogP contribution is 2.57. The van der Waals surface area contributed by atoms with Crippen LogP contribution in [-0.2, 0) is 4.79 Å². The number of fused-ring (bicyclic) bond motifs is 2. The molecule has 4 heteroatoms. The van der Waals surface area contributed by atoms with Crippen molar-refractivity contribution in [1.29, 1.82) is 0 Å². The lowest BCUT2D eigenvalue weighted by Gasteiger charge is -2.33. The van der Waals surface area contributed by atoms with Crippen molar-refractivity contribution < 1.29 is 15.0 Å². The van der Waals surface area contributed by atoms with Crippen LogP contribution >= 0.6 is 22.6 Å². The number of halogens is 1. The Hall–Kier alpha value is 0.160. The number of rotatable bonds is 1. The Morgan fingerprint density at radius 1 is 1.54 bits per heavy atom. The molecule has 0 aliphatic heterocycles. The molecule has 2 rings (SSSR count). The molecule has 5 atom stereocenters. The first-order valence-electron chi connectivity index (χ1n) is 4.55. The van der Waals surface area contributed by atoms with Crippen LogP contribution in [0.15, 0.2) is 0 Å². The van der Waals surface area contributed by atoms with E-state index < -0.39 is 17.5 Å². The second kappa shape index (κ2) is 2.82. The Morgan fingerprint density at radius 2 is 2.15 bits per heavy atom. The molecule has 0 saturated heterocycles. The van der Waals surface area contributed by atoms with E-state index in [1.807, 2.05) is 0 Å². The Kier molecular flexibility index (Phi) is 2.11. The number of hydrogen-bond donors (Lipinski definition) is 2. The normalized spacial score (nSPS) is 54.1. The van der Waals surface area contributed by atoms with Crippen LogP contribution in [0.1, 0.15) is 19.8 Å². The largest absolute Gasteiger partial charge is 0.481 e. The number of carbonyl (C=O) groups is 1. The van der Waals surface area contributed by atoms with Gasteiger partial charge in [-0.2, -0.15) is 0 Å². The van der Waals surface area contributed by atoms with Gasteiger partial charge in [-0.3, -0.25) is 4.79 Å². The number of aliphatic hydroxyl groups is 1. The fourth-order valence-corrected chi connectivity index (χ4v) is 4.91. The van der Waals surface area contributed by atoms with Gasteiger partial charge in [-0.15, -0.1) is 0 Å². The predicted octanol–water partition coefficient (Wildman–Crippen LogP) is 1.28. The van der Waals surface area contributed by atoms with Crippen LogP contribution in [0, 0.1) is 17.8 Å². The van der Waals surface area contributed by atoms with Gasteiger partial charge in [0, 0.05) is 9.84 Å². The second-order valence-electron chi connectivity index (χ2n) is 4.33. The van der Waals surface area contributed by atoms with E-state index in [0.29, 0.717) is 3.92 Å². The van der Waals surface area contributed by atoms with E-state index in [1.165, 1.54) is 0 Å². The van der Waals surface area contributed by atoms with E-state index in [-0.39, 0.29) is 11.8 Å². The summed E-state index contributed by atoms with van der Waals surface area (Å²) in [4.78, 5) is 11.0. The lowest BCUT2D eigenvalue weighted by molar-refractivity contribution is -0.155. The average molecular weight is 296 g/mol. The van der Waals surface area contributed by atoms with Gasteiger partial charge in [-0.05, 0) is 25.7 Å². The highest BCUT2D eigenvalue weighted by Gasteiger charge is 2.62. The third-order valence-electron chi connectivity index (χ3n) is 3.68. The van der Waals surface area contributed by atoms with Gasteiger partial charge in [-0.25, -0.2) is 0 Å². The van der Waals surface area contributed by atoms with Crippen molar-refractivity contribution in [3.05, 3.63) is 0 Å². The lowest BCUT2D eigenvalue weighted by Crippen LogP contribution is -2.44. The SMILES string of the molecule is C[C@@]1(O)[C@H](C(=O)O)[C@H]2CC[C@H]1[C@H]2I. The van der Waals surface area contributed by atoms with Gasteiger partial charge < -0.3 is 10.2 Å². The molecule has 0 aromatic heterocycles. The van der Waals surface area contributed by atoms with E-state index in [9.17, 15) is 9.90 Å². The zero-order valence-electron chi connectivity index (χ0n) is 7.40. The summed E-state index contributed by atoms with van der Waals surface area (Å²) in [7, 11) is 0. The summed E-state index contributed by atoms with van der Waals surface area (Å²) >= 11 is 2.30. The number of alkyl halides is 1. The van der Waals surface area contributed by atoms with E-state index in [4.69, 9.17) is 5.11 Å². The molecule has 0 spiro atoms. The maximum Gasteiger partial charge on any atom is 0.309 e. The topological polar surface area (TPSA) is 57.5 Å². The van der Waals surface area contributed by atoms with E-state index >= 15 is 0 Å². The summed E-state index contributed by atoms with van der Waals surface area (Å²) in [5, 5.41) is 19.1. The van der Waals surface area contributed by atoms with Crippen molar-refractivity contribution in [2.24, 2.45) is 17.8 Å². The Balaban J connectivity index is 2.35. The molecule has 3 nitrogen and oxygen atoms in total. The highest BCUT2D eigenvalue weighted by molar-refractivity contribution is 14.1. The zero-order valence-corrected chi connectivity index (χ0v) is 9.56. The molecule has 0 aromatic rings. The van der Waals surface area contributed by atoms with Gasteiger partial charge in [0.05, 0.1) is 11.5 Å². The Labute approximate surface area is 90.7 Å². The fraction of sp³-hybridized carbons (Fsp3) is 0.889. The number of aliphatic carboxylic acids is 1. The van der Waals surface area contributed by atoms with Crippen LogP contribution in [0.2, 0.25) is 0 Å². The first-order valence-corrected chi connectivity index (χ1v) is 5.80. The molecule has 2 fully saturated rings. The molecule has 2 aliphatic rings. The van der Waals surface area contributed by atoms with Gasteiger partial charge in [0.1, 0.15) is 0 Å². The van der Waals surface area contributed by atoms with Gasteiger partial charge in [0.15, 0.2) is 0 Å². The van der Waals surface area contributed by atoms with Crippen LogP contribution in [0.25, 0.3) is 0 Å². The molecular formula is C9H13IO3. The standard InChI is InChI=1S/C9H13IO3/c1-9(13)5-3-2-4(7(5)10)6(9)8(11)12/h4-7,13H,2-3H2,1H3,(H,11,12)/t4-,5+,6+,7+,9+/m1/s1. The third kappa shape index (κ3) is 1.14. The number of hydrogen-bond acceptors (Lipinski definition) is 2. The van der Waals surface area contributed by atoms with E-state index in [0.717, 1.165) is 12.8 Å². The van der Waals surface area contributed by atoms with Crippen LogP contribution in [0.5, 0.6) is 0 Å². The maximum atomic E-state index is 11.0. The molecule has 2 N–H and O–H groups in total. The van der Waals surface area contributed by atoms with Crippen LogP contribution in [0.4, 0.5) is 0 Å². The summed E-state index contributed by atoms with van der Waals surface area (Å²) in [6, 6.07) is 0. The van der Waals surface area contributed by atoms with Crippen molar-refractivity contribution in [3.8, 4) is 0 Å². The first-order chi connectivity index (χ1) is 5.96. The highest BCUT2D eigenvalue weighted by atomic mass is 127. The second-order valence-corrected chi connectivity index (χ2v) is 5.77. The van der Waals surface area contributed by atoms with Crippen molar-refractivity contribution in [1.82, 2.24) is 0 Å². The minimum absolute atomic E-state index is 0.179. The summed E-state index contributed by atoms with van der Waals surface area (Å²) in [5.41, 5.74) is -0.986. The maximum absolute atomic E-state index is 11.0. The molecular weight excluding hydrogens is 283 g/mol. The van der Waals surface area contributed by atoms with Gasteiger partial charge in [0.25, 0.3) is 0 Å². The van der Waals surface area contributed by atoms with E-state index in [1.54, 1.807) is 6.92 Å². The molecule has 0 unspecified atom stereocenters. The van der Waals surface area contributed by atoms with Gasteiger partial charge in [-0.1, -0.05) is 22.6 Å². The van der Waals surface area contributed by atoms with Crippen molar-refractivity contribution >= 4 is 28.6 Å². The molecule has 2 aliphatic carbocycles. The van der Waals surface area contributed by atoms with Crippen molar-refractivity contribution in [2.75, 3.05) is 0 Å².